The summed E-state index contributed by atoms with van der Waals surface area (Å²) in [7, 11) is 2.03. The Bertz CT molecular complexity index is 667. The molecule has 2 heteroatoms. The lowest BCUT2D eigenvalue weighted by Crippen LogP contribution is -2.21. The third-order valence-electron chi connectivity index (χ3n) is 4.13. The number of hydrogen-bond acceptors (Lipinski definition) is 2. The van der Waals surface area contributed by atoms with Gasteiger partial charge in [-0.15, -0.1) is 0 Å². The number of fused-ring (bicyclic) bond motifs is 1. The van der Waals surface area contributed by atoms with E-state index < -0.39 is 0 Å². The summed E-state index contributed by atoms with van der Waals surface area (Å²) in [6.07, 6.45) is 3.62. The van der Waals surface area contributed by atoms with Crippen LogP contribution in [-0.4, -0.2) is 7.05 Å². The van der Waals surface area contributed by atoms with E-state index in [4.69, 9.17) is 5.26 Å². The van der Waals surface area contributed by atoms with Gasteiger partial charge in [0.25, 0.3) is 0 Å². The Labute approximate surface area is 120 Å². The van der Waals surface area contributed by atoms with E-state index in [9.17, 15) is 0 Å². The molecule has 1 N–H and O–H groups in total. The number of hydrogen-bond donors (Lipinski definition) is 1. The van der Waals surface area contributed by atoms with Crippen LogP contribution in [0.5, 0.6) is 0 Å². The van der Waals surface area contributed by atoms with Crippen molar-refractivity contribution in [3.63, 3.8) is 0 Å². The van der Waals surface area contributed by atoms with Crippen molar-refractivity contribution in [3.05, 3.63) is 59.2 Å². The minimum atomic E-state index is 0.456. The number of benzene rings is 2. The molecule has 0 saturated carbocycles. The first-order chi connectivity index (χ1) is 9.81. The Morgan fingerprint density at radius 2 is 2.00 bits per heavy atom. The smallest absolute Gasteiger partial charge is 0.0991 e. The van der Waals surface area contributed by atoms with Gasteiger partial charge in [-0.05, 0) is 66.8 Å². The van der Waals surface area contributed by atoms with E-state index in [1.807, 2.05) is 25.2 Å². The molecule has 20 heavy (non-hydrogen) atoms. The first-order valence-corrected chi connectivity index (χ1v) is 7.12. The van der Waals surface area contributed by atoms with E-state index in [-0.39, 0.29) is 0 Å². The van der Waals surface area contributed by atoms with E-state index >= 15 is 0 Å². The molecule has 3 rings (SSSR count). The fraction of sp³-hybridized carbons (Fsp3) is 0.278. The lowest BCUT2D eigenvalue weighted by atomic mass is 9.85. The molecule has 0 radical (unpaired) electrons. The molecule has 0 spiro atoms. The molecule has 0 heterocycles. The molecule has 1 aliphatic rings. The summed E-state index contributed by atoms with van der Waals surface area (Å²) in [5.41, 5.74) is 5.90. The van der Waals surface area contributed by atoms with Crippen molar-refractivity contribution >= 4 is 0 Å². The van der Waals surface area contributed by atoms with Crippen LogP contribution in [0.1, 0.15) is 35.6 Å². The Morgan fingerprint density at radius 3 is 2.80 bits per heavy atom. The Balaban J connectivity index is 2.05. The summed E-state index contributed by atoms with van der Waals surface area (Å²) in [6.45, 7) is 0. The standard InChI is InChI=1S/C18H18N2/c1-20-18-7-3-5-14-8-9-16(11-17(14)18)15-6-2-4-13(10-15)12-19/h2,4,6,8-11,18,20H,3,5,7H2,1H3. The van der Waals surface area contributed by atoms with Crippen LogP contribution in [0.3, 0.4) is 0 Å². The molecular formula is C18H18N2. The van der Waals surface area contributed by atoms with E-state index in [1.165, 1.54) is 36.0 Å². The molecular weight excluding hydrogens is 244 g/mol. The van der Waals surface area contributed by atoms with Gasteiger partial charge in [0.05, 0.1) is 11.6 Å². The van der Waals surface area contributed by atoms with Gasteiger partial charge in [-0.2, -0.15) is 5.26 Å². The van der Waals surface area contributed by atoms with E-state index in [0.717, 1.165) is 5.56 Å². The van der Waals surface area contributed by atoms with Gasteiger partial charge in [0.1, 0.15) is 0 Å². The van der Waals surface area contributed by atoms with Crippen molar-refractivity contribution in [2.45, 2.75) is 25.3 Å². The molecule has 0 saturated heterocycles. The molecule has 2 nitrogen and oxygen atoms in total. The molecule has 0 amide bonds. The average Bonchev–Trinajstić information content (AvgIpc) is 2.53. The van der Waals surface area contributed by atoms with Crippen LogP contribution in [0, 0.1) is 11.3 Å². The number of nitrogens with one attached hydrogen (secondary N) is 1. The highest BCUT2D eigenvalue weighted by Crippen LogP contribution is 2.33. The average molecular weight is 262 g/mol. The van der Waals surface area contributed by atoms with E-state index in [2.05, 4.69) is 35.7 Å². The molecule has 0 fully saturated rings. The van der Waals surface area contributed by atoms with Gasteiger partial charge >= 0.3 is 0 Å². The van der Waals surface area contributed by atoms with Gasteiger partial charge in [0.2, 0.25) is 0 Å². The van der Waals surface area contributed by atoms with Crippen LogP contribution in [0.25, 0.3) is 11.1 Å². The molecule has 100 valence electrons. The van der Waals surface area contributed by atoms with Crippen molar-refractivity contribution in [2.24, 2.45) is 0 Å². The zero-order valence-electron chi connectivity index (χ0n) is 11.7. The maximum atomic E-state index is 9.02. The largest absolute Gasteiger partial charge is 0.313 e. The normalized spacial score (nSPS) is 17.3. The molecule has 1 unspecified atom stereocenters. The highest BCUT2D eigenvalue weighted by atomic mass is 14.9. The van der Waals surface area contributed by atoms with Gasteiger partial charge in [-0.3, -0.25) is 0 Å². The lowest BCUT2D eigenvalue weighted by molar-refractivity contribution is 0.497. The summed E-state index contributed by atoms with van der Waals surface area (Å²) < 4.78 is 0. The van der Waals surface area contributed by atoms with Gasteiger partial charge in [0, 0.05) is 6.04 Å². The zero-order valence-corrected chi connectivity index (χ0v) is 11.7. The molecule has 1 atom stereocenters. The molecule has 2 aromatic rings. The van der Waals surface area contributed by atoms with Crippen molar-refractivity contribution < 1.29 is 0 Å². The SMILES string of the molecule is CNC1CCCc2ccc(-c3cccc(C#N)c3)cc21. The van der Waals surface area contributed by atoms with Crippen molar-refractivity contribution in [1.29, 1.82) is 5.26 Å². The monoisotopic (exact) mass is 262 g/mol. The van der Waals surface area contributed by atoms with E-state index in [1.54, 1.807) is 0 Å². The summed E-state index contributed by atoms with van der Waals surface area (Å²) in [6, 6.07) is 17.2. The lowest BCUT2D eigenvalue weighted by Gasteiger charge is -2.25. The Hall–Kier alpha value is -2.11. The second kappa shape index (κ2) is 5.48. The summed E-state index contributed by atoms with van der Waals surface area (Å²) >= 11 is 0. The van der Waals surface area contributed by atoms with Crippen LogP contribution < -0.4 is 5.32 Å². The first kappa shape index (κ1) is 12.9. The fourth-order valence-electron chi connectivity index (χ4n) is 3.05. The number of aryl methyl sites for hydroxylation is 1. The molecule has 1 aliphatic carbocycles. The predicted molar refractivity (Wildman–Crippen MR) is 81.3 cm³/mol. The fourth-order valence-corrected chi connectivity index (χ4v) is 3.05. The quantitative estimate of drug-likeness (QED) is 0.893. The van der Waals surface area contributed by atoms with Crippen LogP contribution in [-0.2, 0) is 6.42 Å². The second-order valence-electron chi connectivity index (χ2n) is 5.34. The minimum absolute atomic E-state index is 0.456. The third-order valence-corrected chi connectivity index (χ3v) is 4.13. The highest BCUT2D eigenvalue weighted by Gasteiger charge is 2.19. The second-order valence-corrected chi connectivity index (χ2v) is 5.34. The van der Waals surface area contributed by atoms with Crippen molar-refractivity contribution in [1.82, 2.24) is 5.32 Å². The molecule has 2 aromatic carbocycles. The summed E-state index contributed by atoms with van der Waals surface area (Å²) in [5.74, 6) is 0. The summed E-state index contributed by atoms with van der Waals surface area (Å²) in [5, 5.41) is 12.4. The number of nitrogens with zero attached hydrogens (tertiary/aromatic N) is 1. The van der Waals surface area contributed by atoms with Gasteiger partial charge in [0.15, 0.2) is 0 Å². The maximum absolute atomic E-state index is 9.02. The zero-order chi connectivity index (χ0) is 13.9. The van der Waals surface area contributed by atoms with Crippen LogP contribution in [0.15, 0.2) is 42.5 Å². The first-order valence-electron chi connectivity index (χ1n) is 7.12. The molecule has 0 aliphatic heterocycles. The topological polar surface area (TPSA) is 35.8 Å². The predicted octanol–water partition coefficient (Wildman–Crippen LogP) is 3.82. The van der Waals surface area contributed by atoms with Gasteiger partial charge in [-0.1, -0.05) is 24.3 Å². The van der Waals surface area contributed by atoms with Crippen molar-refractivity contribution in [3.8, 4) is 17.2 Å². The van der Waals surface area contributed by atoms with Crippen LogP contribution in [0.4, 0.5) is 0 Å². The third kappa shape index (κ3) is 2.33. The highest BCUT2D eigenvalue weighted by molar-refractivity contribution is 5.67. The Morgan fingerprint density at radius 1 is 1.15 bits per heavy atom. The Kier molecular flexibility index (Phi) is 3.54. The molecule has 0 bridgehead atoms. The summed E-state index contributed by atoms with van der Waals surface area (Å²) in [4.78, 5) is 0. The number of nitriles is 1. The van der Waals surface area contributed by atoms with Gasteiger partial charge in [-0.25, -0.2) is 0 Å². The minimum Gasteiger partial charge on any atom is -0.313 e. The van der Waals surface area contributed by atoms with Gasteiger partial charge < -0.3 is 5.32 Å². The van der Waals surface area contributed by atoms with Crippen LogP contribution in [0.2, 0.25) is 0 Å². The van der Waals surface area contributed by atoms with Crippen molar-refractivity contribution in [2.75, 3.05) is 7.05 Å². The molecule has 0 aromatic heterocycles. The maximum Gasteiger partial charge on any atom is 0.0991 e. The van der Waals surface area contributed by atoms with Crippen LogP contribution >= 0.6 is 0 Å². The number of rotatable bonds is 2. The van der Waals surface area contributed by atoms with E-state index in [0.29, 0.717) is 11.6 Å².